The van der Waals surface area contributed by atoms with Gasteiger partial charge in [-0.3, -0.25) is 5.41 Å². The Balaban J connectivity index is 3.03. The quantitative estimate of drug-likeness (QED) is 0.546. The Bertz CT molecular complexity index is 325. The molecule has 0 saturated heterocycles. The minimum atomic E-state index is -0.403. The highest BCUT2D eigenvalue weighted by Gasteiger charge is 2.02. The van der Waals surface area contributed by atoms with E-state index in [1.807, 2.05) is 0 Å². The van der Waals surface area contributed by atoms with Crippen LogP contribution in [0.1, 0.15) is 11.1 Å². The van der Waals surface area contributed by atoms with Crippen LogP contribution in [0.4, 0.5) is 4.39 Å². The number of rotatable bonds is 3. The van der Waals surface area contributed by atoms with Crippen LogP contribution < -0.4 is 5.73 Å². The highest BCUT2D eigenvalue weighted by Crippen LogP contribution is 2.09. The summed E-state index contributed by atoms with van der Waals surface area (Å²) in [5.74, 6) is -0.545. The van der Waals surface area contributed by atoms with Crippen LogP contribution in [-0.2, 0) is 11.3 Å². The van der Waals surface area contributed by atoms with Crippen molar-refractivity contribution in [1.29, 1.82) is 5.41 Å². The predicted molar refractivity (Wildman–Crippen MR) is 48.1 cm³/mol. The molecule has 1 rings (SSSR count). The lowest BCUT2D eigenvalue weighted by Crippen LogP contribution is -2.11. The van der Waals surface area contributed by atoms with E-state index in [-0.39, 0.29) is 5.84 Å². The number of benzene rings is 1. The van der Waals surface area contributed by atoms with Crippen molar-refractivity contribution in [2.24, 2.45) is 5.73 Å². The van der Waals surface area contributed by atoms with Gasteiger partial charge in [0.1, 0.15) is 11.7 Å². The van der Waals surface area contributed by atoms with Gasteiger partial charge in [-0.05, 0) is 23.8 Å². The van der Waals surface area contributed by atoms with Gasteiger partial charge >= 0.3 is 0 Å². The Hall–Kier alpha value is -1.42. The normalized spacial score (nSPS) is 10.0. The molecule has 0 radical (unpaired) electrons. The zero-order chi connectivity index (χ0) is 9.84. The molecule has 0 unspecified atom stereocenters. The number of hydrogen-bond acceptors (Lipinski definition) is 2. The summed E-state index contributed by atoms with van der Waals surface area (Å²) in [6.45, 7) is 0.317. The molecule has 3 N–H and O–H groups in total. The van der Waals surface area contributed by atoms with E-state index in [2.05, 4.69) is 0 Å². The van der Waals surface area contributed by atoms with Gasteiger partial charge in [-0.1, -0.05) is 0 Å². The maximum Gasteiger partial charge on any atom is 0.124 e. The second kappa shape index (κ2) is 4.00. The minimum Gasteiger partial charge on any atom is -0.384 e. The van der Waals surface area contributed by atoms with Crippen molar-refractivity contribution >= 4 is 5.84 Å². The van der Waals surface area contributed by atoms with Crippen molar-refractivity contribution in [3.63, 3.8) is 0 Å². The van der Waals surface area contributed by atoms with Crippen molar-refractivity contribution < 1.29 is 9.13 Å². The van der Waals surface area contributed by atoms with E-state index in [1.165, 1.54) is 19.2 Å². The molecule has 0 heterocycles. The lowest BCUT2D eigenvalue weighted by atomic mass is 10.1. The maximum absolute atomic E-state index is 12.9. The van der Waals surface area contributed by atoms with Gasteiger partial charge < -0.3 is 10.5 Å². The molecule has 0 aliphatic carbocycles. The van der Waals surface area contributed by atoms with E-state index in [1.54, 1.807) is 6.07 Å². The summed E-state index contributed by atoms with van der Waals surface area (Å²) >= 11 is 0. The highest BCUT2D eigenvalue weighted by atomic mass is 19.1. The first-order chi connectivity index (χ1) is 6.13. The topological polar surface area (TPSA) is 59.1 Å². The molecule has 0 fully saturated rings. The summed E-state index contributed by atoms with van der Waals surface area (Å²) in [6.07, 6.45) is 0. The fraction of sp³-hybridized carbons (Fsp3) is 0.222. The Labute approximate surface area is 75.8 Å². The molecule has 0 bridgehead atoms. The maximum atomic E-state index is 12.9. The highest BCUT2D eigenvalue weighted by molar-refractivity contribution is 5.95. The van der Waals surface area contributed by atoms with Crippen LogP contribution in [0.5, 0.6) is 0 Å². The number of halogens is 1. The molecule has 1 aromatic carbocycles. The number of amidine groups is 1. The van der Waals surface area contributed by atoms with Gasteiger partial charge in [-0.2, -0.15) is 0 Å². The monoisotopic (exact) mass is 182 g/mol. The van der Waals surface area contributed by atoms with Crippen molar-refractivity contribution in [2.45, 2.75) is 6.61 Å². The summed E-state index contributed by atoms with van der Waals surface area (Å²) in [5, 5.41) is 7.13. The molecule has 0 amide bonds. The minimum absolute atomic E-state index is 0.142. The predicted octanol–water partition coefficient (Wildman–Crippen LogP) is 1.26. The van der Waals surface area contributed by atoms with Crippen molar-refractivity contribution in [3.05, 3.63) is 35.1 Å². The molecule has 13 heavy (non-hydrogen) atoms. The van der Waals surface area contributed by atoms with E-state index in [9.17, 15) is 4.39 Å². The van der Waals surface area contributed by atoms with Crippen LogP contribution in [0, 0.1) is 11.2 Å². The van der Waals surface area contributed by atoms with Gasteiger partial charge in [0, 0.05) is 12.7 Å². The van der Waals surface area contributed by atoms with E-state index in [4.69, 9.17) is 15.9 Å². The fourth-order valence-electron chi connectivity index (χ4n) is 1.06. The third kappa shape index (κ3) is 2.52. The van der Waals surface area contributed by atoms with Gasteiger partial charge in [0.15, 0.2) is 0 Å². The first-order valence-electron chi connectivity index (χ1n) is 3.76. The molecular weight excluding hydrogens is 171 g/mol. The van der Waals surface area contributed by atoms with E-state index in [0.29, 0.717) is 17.7 Å². The van der Waals surface area contributed by atoms with Gasteiger partial charge in [-0.15, -0.1) is 0 Å². The number of nitrogen functional groups attached to an aromatic ring is 1. The number of nitrogens with two attached hydrogens (primary N) is 1. The average molecular weight is 182 g/mol. The average Bonchev–Trinajstić information content (AvgIpc) is 2.03. The summed E-state index contributed by atoms with van der Waals surface area (Å²) in [6, 6.07) is 4.21. The Morgan fingerprint density at radius 2 is 2.23 bits per heavy atom. The molecule has 70 valence electrons. The van der Waals surface area contributed by atoms with Gasteiger partial charge in [0.05, 0.1) is 6.61 Å². The Morgan fingerprint density at radius 1 is 1.54 bits per heavy atom. The summed E-state index contributed by atoms with van der Waals surface area (Å²) in [7, 11) is 1.53. The van der Waals surface area contributed by atoms with Gasteiger partial charge in [0.25, 0.3) is 0 Å². The second-order valence-corrected chi connectivity index (χ2v) is 2.69. The van der Waals surface area contributed by atoms with Crippen molar-refractivity contribution in [2.75, 3.05) is 7.11 Å². The summed E-state index contributed by atoms with van der Waals surface area (Å²) < 4.78 is 17.7. The van der Waals surface area contributed by atoms with Crippen LogP contribution in [0.15, 0.2) is 18.2 Å². The number of nitrogens with one attached hydrogen (secondary N) is 1. The van der Waals surface area contributed by atoms with Crippen LogP contribution in [0.3, 0.4) is 0 Å². The van der Waals surface area contributed by atoms with Crippen molar-refractivity contribution in [3.8, 4) is 0 Å². The third-order valence-corrected chi connectivity index (χ3v) is 1.58. The van der Waals surface area contributed by atoms with E-state index >= 15 is 0 Å². The van der Waals surface area contributed by atoms with Gasteiger partial charge in [-0.25, -0.2) is 4.39 Å². The molecule has 0 aliphatic heterocycles. The Morgan fingerprint density at radius 3 is 2.77 bits per heavy atom. The molecule has 0 saturated carbocycles. The molecular formula is C9H11FN2O. The zero-order valence-corrected chi connectivity index (χ0v) is 7.30. The molecule has 0 spiro atoms. The van der Waals surface area contributed by atoms with Crippen LogP contribution in [0.25, 0.3) is 0 Å². The van der Waals surface area contributed by atoms with Crippen molar-refractivity contribution in [1.82, 2.24) is 0 Å². The lowest BCUT2D eigenvalue weighted by molar-refractivity contribution is 0.184. The molecule has 0 aliphatic rings. The summed E-state index contributed by atoms with van der Waals surface area (Å²) in [5.41, 5.74) is 6.28. The standard InChI is InChI=1S/C9H11FN2O/c1-13-5-6-2-7(9(11)12)4-8(10)3-6/h2-4H,5H2,1H3,(H3,11,12). The molecule has 1 aromatic rings. The lowest BCUT2D eigenvalue weighted by Gasteiger charge is -2.03. The number of methoxy groups -OCH3 is 1. The summed E-state index contributed by atoms with van der Waals surface area (Å²) in [4.78, 5) is 0. The largest absolute Gasteiger partial charge is 0.384 e. The van der Waals surface area contributed by atoms with Crippen LogP contribution in [0.2, 0.25) is 0 Å². The first kappa shape index (κ1) is 9.67. The van der Waals surface area contributed by atoms with Gasteiger partial charge in [0.2, 0.25) is 0 Å². The molecule has 0 atom stereocenters. The Kier molecular flexibility index (Phi) is 2.97. The second-order valence-electron chi connectivity index (χ2n) is 2.69. The van der Waals surface area contributed by atoms with Crippen LogP contribution >= 0.6 is 0 Å². The smallest absolute Gasteiger partial charge is 0.124 e. The molecule has 4 heteroatoms. The molecule has 3 nitrogen and oxygen atoms in total. The first-order valence-corrected chi connectivity index (χ1v) is 3.76. The van der Waals surface area contributed by atoms with E-state index in [0.717, 1.165) is 0 Å². The SMILES string of the molecule is COCc1cc(F)cc(C(=N)N)c1. The van der Waals surface area contributed by atoms with E-state index < -0.39 is 5.82 Å². The fourth-order valence-corrected chi connectivity index (χ4v) is 1.06. The zero-order valence-electron chi connectivity index (χ0n) is 7.30. The number of hydrogen-bond donors (Lipinski definition) is 2. The van der Waals surface area contributed by atoms with Crippen LogP contribution in [-0.4, -0.2) is 12.9 Å². The molecule has 0 aromatic heterocycles. The third-order valence-electron chi connectivity index (χ3n) is 1.58. The number of ether oxygens (including phenoxy) is 1.